The van der Waals surface area contributed by atoms with Crippen LogP contribution in [0.3, 0.4) is 0 Å². The molecule has 0 aliphatic rings. The minimum atomic E-state index is 0.0704. The number of anilines is 1. The Morgan fingerprint density at radius 2 is 2.05 bits per heavy atom. The van der Waals surface area contributed by atoms with Crippen molar-refractivity contribution < 1.29 is 9.47 Å². The standard InChI is InChI=1S/C14H19N3O2/c1-10(14-15-7-8-17(14)2)16-12-9-11(18-3)5-6-13(12)19-4/h5-10,16H,1-4H3. The molecular weight excluding hydrogens is 242 g/mol. The zero-order valence-corrected chi connectivity index (χ0v) is 11.7. The molecule has 1 unspecified atom stereocenters. The Morgan fingerprint density at radius 1 is 1.26 bits per heavy atom. The highest BCUT2D eigenvalue weighted by atomic mass is 16.5. The van der Waals surface area contributed by atoms with Gasteiger partial charge in [-0.3, -0.25) is 0 Å². The van der Waals surface area contributed by atoms with E-state index in [-0.39, 0.29) is 6.04 Å². The van der Waals surface area contributed by atoms with E-state index in [0.29, 0.717) is 0 Å². The van der Waals surface area contributed by atoms with Crippen LogP contribution in [-0.2, 0) is 7.05 Å². The molecule has 1 N–H and O–H groups in total. The van der Waals surface area contributed by atoms with E-state index in [1.807, 2.05) is 36.0 Å². The first-order valence-corrected chi connectivity index (χ1v) is 6.11. The molecule has 0 saturated heterocycles. The lowest BCUT2D eigenvalue weighted by atomic mass is 10.2. The van der Waals surface area contributed by atoms with Crippen LogP contribution in [0.5, 0.6) is 11.5 Å². The highest BCUT2D eigenvalue weighted by Gasteiger charge is 2.13. The average molecular weight is 261 g/mol. The van der Waals surface area contributed by atoms with Gasteiger partial charge in [0.1, 0.15) is 17.3 Å². The van der Waals surface area contributed by atoms with Crippen molar-refractivity contribution in [2.75, 3.05) is 19.5 Å². The number of aromatic nitrogens is 2. The van der Waals surface area contributed by atoms with E-state index in [1.165, 1.54) is 0 Å². The molecule has 5 heteroatoms. The summed E-state index contributed by atoms with van der Waals surface area (Å²) in [7, 11) is 5.27. The number of ether oxygens (including phenoxy) is 2. The van der Waals surface area contributed by atoms with E-state index in [2.05, 4.69) is 17.2 Å². The van der Waals surface area contributed by atoms with Gasteiger partial charge in [-0.1, -0.05) is 0 Å². The summed E-state index contributed by atoms with van der Waals surface area (Å²) < 4.78 is 12.6. The Balaban J connectivity index is 2.24. The van der Waals surface area contributed by atoms with Gasteiger partial charge in [0.25, 0.3) is 0 Å². The number of nitrogens with one attached hydrogen (secondary N) is 1. The van der Waals surface area contributed by atoms with Crippen LogP contribution in [0.2, 0.25) is 0 Å². The SMILES string of the molecule is COc1ccc(OC)c(NC(C)c2nccn2C)c1. The summed E-state index contributed by atoms with van der Waals surface area (Å²) in [5.41, 5.74) is 0.886. The number of rotatable bonds is 5. The third kappa shape index (κ3) is 2.81. The Kier molecular flexibility index (Phi) is 3.94. The smallest absolute Gasteiger partial charge is 0.142 e. The summed E-state index contributed by atoms with van der Waals surface area (Å²) in [5, 5.41) is 3.39. The second-order valence-electron chi connectivity index (χ2n) is 4.33. The third-order valence-corrected chi connectivity index (χ3v) is 3.02. The van der Waals surface area contributed by atoms with Crippen LogP contribution < -0.4 is 14.8 Å². The molecule has 0 radical (unpaired) electrons. The summed E-state index contributed by atoms with van der Waals surface area (Å²) in [4.78, 5) is 4.34. The molecule has 0 aliphatic heterocycles. The van der Waals surface area contributed by atoms with Gasteiger partial charge >= 0.3 is 0 Å². The van der Waals surface area contributed by atoms with Crippen molar-refractivity contribution in [2.45, 2.75) is 13.0 Å². The lowest BCUT2D eigenvalue weighted by molar-refractivity contribution is 0.404. The Hall–Kier alpha value is -2.17. The maximum Gasteiger partial charge on any atom is 0.142 e. The molecule has 0 aliphatic carbocycles. The van der Waals surface area contributed by atoms with Gasteiger partial charge in [-0.25, -0.2) is 4.98 Å². The van der Waals surface area contributed by atoms with Crippen molar-refractivity contribution in [1.82, 2.24) is 9.55 Å². The van der Waals surface area contributed by atoms with Crippen LogP contribution in [-0.4, -0.2) is 23.8 Å². The van der Waals surface area contributed by atoms with Gasteiger partial charge in [0.05, 0.1) is 25.9 Å². The monoisotopic (exact) mass is 261 g/mol. The fourth-order valence-corrected chi connectivity index (χ4v) is 2.02. The molecule has 0 bridgehead atoms. The van der Waals surface area contributed by atoms with Crippen molar-refractivity contribution in [1.29, 1.82) is 0 Å². The first-order chi connectivity index (χ1) is 9.15. The summed E-state index contributed by atoms with van der Waals surface area (Å²) in [6.07, 6.45) is 3.71. The normalized spacial score (nSPS) is 12.0. The van der Waals surface area contributed by atoms with Crippen molar-refractivity contribution in [3.63, 3.8) is 0 Å². The number of hydrogen-bond acceptors (Lipinski definition) is 4. The molecule has 0 saturated carbocycles. The average Bonchev–Trinajstić information content (AvgIpc) is 2.85. The summed E-state index contributed by atoms with van der Waals surface area (Å²) in [6, 6.07) is 5.74. The molecule has 1 aromatic carbocycles. The van der Waals surface area contributed by atoms with Gasteiger partial charge in [0.15, 0.2) is 0 Å². The van der Waals surface area contributed by atoms with Gasteiger partial charge in [-0.15, -0.1) is 0 Å². The van der Waals surface area contributed by atoms with E-state index >= 15 is 0 Å². The lowest BCUT2D eigenvalue weighted by Crippen LogP contribution is -2.12. The summed E-state index contributed by atoms with van der Waals surface area (Å²) >= 11 is 0. The van der Waals surface area contributed by atoms with Gasteiger partial charge in [-0.05, 0) is 19.1 Å². The lowest BCUT2D eigenvalue weighted by Gasteiger charge is -2.18. The maximum atomic E-state index is 5.35. The molecule has 1 heterocycles. The van der Waals surface area contributed by atoms with Gasteiger partial charge < -0.3 is 19.4 Å². The molecule has 1 aromatic heterocycles. The van der Waals surface area contributed by atoms with Crippen LogP contribution in [0.25, 0.3) is 0 Å². The molecule has 0 spiro atoms. The van der Waals surface area contributed by atoms with E-state index in [1.54, 1.807) is 20.4 Å². The number of hydrogen-bond donors (Lipinski definition) is 1. The van der Waals surface area contributed by atoms with Crippen molar-refractivity contribution in [2.24, 2.45) is 7.05 Å². The minimum absolute atomic E-state index is 0.0704. The van der Waals surface area contributed by atoms with E-state index in [0.717, 1.165) is 23.0 Å². The number of methoxy groups -OCH3 is 2. The third-order valence-electron chi connectivity index (χ3n) is 3.02. The van der Waals surface area contributed by atoms with E-state index < -0.39 is 0 Å². The van der Waals surface area contributed by atoms with E-state index in [9.17, 15) is 0 Å². The molecule has 19 heavy (non-hydrogen) atoms. The molecule has 0 amide bonds. The first-order valence-electron chi connectivity index (χ1n) is 6.11. The quantitative estimate of drug-likeness (QED) is 0.898. The topological polar surface area (TPSA) is 48.3 Å². The fraction of sp³-hybridized carbons (Fsp3) is 0.357. The van der Waals surface area contributed by atoms with Crippen LogP contribution in [0.1, 0.15) is 18.8 Å². The van der Waals surface area contributed by atoms with E-state index in [4.69, 9.17) is 9.47 Å². The van der Waals surface area contributed by atoms with Gasteiger partial charge in [-0.2, -0.15) is 0 Å². The largest absolute Gasteiger partial charge is 0.497 e. The minimum Gasteiger partial charge on any atom is -0.497 e. The molecule has 0 fully saturated rings. The second-order valence-corrected chi connectivity index (χ2v) is 4.33. The zero-order valence-electron chi connectivity index (χ0n) is 11.7. The van der Waals surface area contributed by atoms with Crippen molar-refractivity contribution >= 4 is 5.69 Å². The molecule has 2 rings (SSSR count). The summed E-state index contributed by atoms with van der Waals surface area (Å²) in [6.45, 7) is 2.06. The zero-order chi connectivity index (χ0) is 13.8. The Bertz CT molecular complexity index is 551. The molecule has 2 aromatic rings. The molecule has 102 valence electrons. The predicted molar refractivity (Wildman–Crippen MR) is 74.8 cm³/mol. The van der Waals surface area contributed by atoms with Crippen LogP contribution in [0, 0.1) is 0 Å². The van der Waals surface area contributed by atoms with Crippen molar-refractivity contribution in [3.05, 3.63) is 36.4 Å². The van der Waals surface area contributed by atoms with Crippen LogP contribution in [0.4, 0.5) is 5.69 Å². The maximum absolute atomic E-state index is 5.35. The second kappa shape index (κ2) is 5.65. The predicted octanol–water partition coefficient (Wildman–Crippen LogP) is 2.61. The number of aryl methyl sites for hydroxylation is 1. The van der Waals surface area contributed by atoms with Crippen LogP contribution >= 0.6 is 0 Å². The van der Waals surface area contributed by atoms with Crippen LogP contribution in [0.15, 0.2) is 30.6 Å². The number of imidazole rings is 1. The Morgan fingerprint density at radius 3 is 2.63 bits per heavy atom. The highest BCUT2D eigenvalue weighted by Crippen LogP contribution is 2.31. The highest BCUT2D eigenvalue weighted by molar-refractivity contribution is 5.60. The first kappa shape index (κ1) is 13.3. The van der Waals surface area contributed by atoms with Gasteiger partial charge in [0, 0.05) is 25.5 Å². The van der Waals surface area contributed by atoms with Gasteiger partial charge in [0.2, 0.25) is 0 Å². The summed E-state index contributed by atoms with van der Waals surface area (Å²) in [5.74, 6) is 2.53. The molecular formula is C14H19N3O2. The molecule has 5 nitrogen and oxygen atoms in total. The Labute approximate surface area is 113 Å². The molecule has 1 atom stereocenters. The number of benzene rings is 1. The van der Waals surface area contributed by atoms with Crippen molar-refractivity contribution in [3.8, 4) is 11.5 Å². The fourth-order valence-electron chi connectivity index (χ4n) is 2.02. The number of nitrogens with zero attached hydrogens (tertiary/aromatic N) is 2.